The lowest BCUT2D eigenvalue weighted by atomic mass is 9.80. The summed E-state index contributed by atoms with van der Waals surface area (Å²) in [5, 5.41) is 11.9. The van der Waals surface area contributed by atoms with Crippen molar-refractivity contribution in [3.63, 3.8) is 0 Å². The zero-order chi connectivity index (χ0) is 21.9. The highest BCUT2D eigenvalue weighted by molar-refractivity contribution is 5.90. The SMILES string of the molecule is CCC[C@H](C(=O)NO)[C@@H](CC(C)C)C(=O)N[C@H](C(=O)OCCOC)C(C)(C)C. The quantitative estimate of drug-likeness (QED) is 0.200. The van der Waals surface area contributed by atoms with Gasteiger partial charge in [0.05, 0.1) is 12.5 Å². The van der Waals surface area contributed by atoms with Gasteiger partial charge in [0.15, 0.2) is 0 Å². The van der Waals surface area contributed by atoms with Crippen LogP contribution in [0.25, 0.3) is 0 Å². The Hall–Kier alpha value is -1.67. The molecule has 0 saturated heterocycles. The number of carbonyl (C=O) groups is 3. The Morgan fingerprint density at radius 3 is 2.07 bits per heavy atom. The molecule has 0 aliphatic carbocycles. The van der Waals surface area contributed by atoms with Crippen LogP contribution in [0.4, 0.5) is 0 Å². The van der Waals surface area contributed by atoms with Gasteiger partial charge in [0, 0.05) is 13.0 Å². The van der Waals surface area contributed by atoms with Crippen LogP contribution in [0.3, 0.4) is 0 Å². The average molecular weight is 403 g/mol. The van der Waals surface area contributed by atoms with E-state index in [-0.39, 0.29) is 25.0 Å². The van der Waals surface area contributed by atoms with Gasteiger partial charge in [-0.2, -0.15) is 0 Å². The molecule has 164 valence electrons. The molecule has 0 aromatic heterocycles. The van der Waals surface area contributed by atoms with E-state index in [1.165, 1.54) is 7.11 Å². The molecule has 8 heteroatoms. The van der Waals surface area contributed by atoms with Crippen molar-refractivity contribution in [2.24, 2.45) is 23.2 Å². The second kappa shape index (κ2) is 12.7. The Labute approximate surface area is 168 Å². The van der Waals surface area contributed by atoms with Gasteiger partial charge in [0.1, 0.15) is 12.6 Å². The topological polar surface area (TPSA) is 114 Å². The fourth-order valence-electron chi connectivity index (χ4n) is 3.06. The van der Waals surface area contributed by atoms with Gasteiger partial charge in [-0.05, 0) is 24.2 Å². The lowest BCUT2D eigenvalue weighted by Gasteiger charge is -2.33. The van der Waals surface area contributed by atoms with Crippen LogP contribution in [0.2, 0.25) is 0 Å². The monoisotopic (exact) mass is 402 g/mol. The number of amides is 2. The zero-order valence-electron chi connectivity index (χ0n) is 18.3. The molecule has 0 aromatic rings. The summed E-state index contributed by atoms with van der Waals surface area (Å²) in [5.41, 5.74) is 1.09. The van der Waals surface area contributed by atoms with Crippen molar-refractivity contribution in [3.05, 3.63) is 0 Å². The second-order valence-electron chi connectivity index (χ2n) is 8.58. The lowest BCUT2D eigenvalue weighted by Crippen LogP contribution is -2.53. The van der Waals surface area contributed by atoms with Gasteiger partial charge in [-0.15, -0.1) is 0 Å². The highest BCUT2D eigenvalue weighted by atomic mass is 16.6. The number of hydroxylamine groups is 1. The molecule has 0 spiro atoms. The third-order valence-electron chi connectivity index (χ3n) is 4.51. The third kappa shape index (κ3) is 9.01. The molecular formula is C20H38N2O6. The Morgan fingerprint density at radius 2 is 1.64 bits per heavy atom. The predicted octanol–water partition coefficient (Wildman–Crippen LogP) is 2.29. The fraction of sp³-hybridized carbons (Fsp3) is 0.850. The van der Waals surface area contributed by atoms with Crippen molar-refractivity contribution in [2.75, 3.05) is 20.3 Å². The lowest BCUT2D eigenvalue weighted by molar-refractivity contribution is -0.153. The number of esters is 1. The van der Waals surface area contributed by atoms with Crippen LogP contribution in [-0.2, 0) is 23.9 Å². The summed E-state index contributed by atoms with van der Waals surface area (Å²) >= 11 is 0. The van der Waals surface area contributed by atoms with Gasteiger partial charge in [-0.25, -0.2) is 10.3 Å². The molecule has 0 unspecified atom stereocenters. The van der Waals surface area contributed by atoms with E-state index < -0.39 is 35.2 Å². The standard InChI is InChI=1S/C20H38N2O6/c1-8-9-14(18(24)22-26)15(12-13(2)3)17(23)21-16(20(4,5)6)19(25)28-11-10-27-7/h13-16,26H,8-12H2,1-7H3,(H,21,23)(H,22,24)/t14-,15+,16+/m0/s1. The van der Waals surface area contributed by atoms with Crippen LogP contribution in [-0.4, -0.2) is 49.4 Å². The first-order valence-corrected chi connectivity index (χ1v) is 9.89. The summed E-state index contributed by atoms with van der Waals surface area (Å²) in [6.07, 6.45) is 1.59. The maximum atomic E-state index is 13.1. The van der Waals surface area contributed by atoms with Crippen molar-refractivity contribution in [1.29, 1.82) is 0 Å². The van der Waals surface area contributed by atoms with Gasteiger partial charge in [-0.1, -0.05) is 48.0 Å². The van der Waals surface area contributed by atoms with Crippen LogP contribution in [0, 0.1) is 23.2 Å². The molecule has 0 heterocycles. The van der Waals surface area contributed by atoms with Crippen molar-refractivity contribution < 1.29 is 29.1 Å². The van der Waals surface area contributed by atoms with Gasteiger partial charge < -0.3 is 14.8 Å². The first kappa shape index (κ1) is 26.3. The molecule has 2 amide bonds. The van der Waals surface area contributed by atoms with Crippen LogP contribution in [0.5, 0.6) is 0 Å². The van der Waals surface area contributed by atoms with E-state index in [0.29, 0.717) is 19.3 Å². The summed E-state index contributed by atoms with van der Waals surface area (Å²) in [6, 6.07) is -0.869. The van der Waals surface area contributed by atoms with E-state index in [0.717, 1.165) is 0 Å². The predicted molar refractivity (Wildman–Crippen MR) is 105 cm³/mol. The smallest absolute Gasteiger partial charge is 0.329 e. The fourth-order valence-corrected chi connectivity index (χ4v) is 3.06. The summed E-state index contributed by atoms with van der Waals surface area (Å²) in [6.45, 7) is 11.7. The Kier molecular flexibility index (Phi) is 12.0. The number of rotatable bonds is 12. The maximum absolute atomic E-state index is 13.1. The Balaban J connectivity index is 5.56. The van der Waals surface area contributed by atoms with Crippen molar-refractivity contribution in [2.45, 2.75) is 66.8 Å². The number of hydrogen-bond donors (Lipinski definition) is 3. The number of carbonyl (C=O) groups excluding carboxylic acids is 3. The van der Waals surface area contributed by atoms with Crippen LogP contribution >= 0.6 is 0 Å². The van der Waals surface area contributed by atoms with E-state index in [2.05, 4.69) is 5.32 Å². The molecule has 8 nitrogen and oxygen atoms in total. The molecule has 3 N–H and O–H groups in total. The molecule has 0 aliphatic heterocycles. The summed E-state index contributed by atoms with van der Waals surface area (Å²) in [4.78, 5) is 37.8. The largest absolute Gasteiger partial charge is 0.462 e. The molecule has 0 rings (SSSR count). The Bertz CT molecular complexity index is 501. The van der Waals surface area contributed by atoms with Crippen molar-refractivity contribution >= 4 is 17.8 Å². The molecule has 0 fully saturated rings. The number of nitrogens with one attached hydrogen (secondary N) is 2. The van der Waals surface area contributed by atoms with Crippen LogP contribution in [0.1, 0.15) is 60.8 Å². The molecule has 0 bridgehead atoms. The van der Waals surface area contributed by atoms with Crippen molar-refractivity contribution in [3.8, 4) is 0 Å². The molecule has 0 saturated carbocycles. The number of ether oxygens (including phenoxy) is 2. The van der Waals surface area contributed by atoms with Gasteiger partial charge in [-0.3, -0.25) is 14.8 Å². The van der Waals surface area contributed by atoms with E-state index in [9.17, 15) is 14.4 Å². The van der Waals surface area contributed by atoms with E-state index in [4.69, 9.17) is 14.7 Å². The van der Waals surface area contributed by atoms with E-state index >= 15 is 0 Å². The zero-order valence-corrected chi connectivity index (χ0v) is 18.3. The highest BCUT2D eigenvalue weighted by Crippen LogP contribution is 2.27. The maximum Gasteiger partial charge on any atom is 0.329 e. The van der Waals surface area contributed by atoms with E-state index in [1.54, 1.807) is 5.48 Å². The molecule has 28 heavy (non-hydrogen) atoms. The first-order chi connectivity index (χ1) is 13.0. The average Bonchev–Trinajstić information content (AvgIpc) is 2.60. The first-order valence-electron chi connectivity index (χ1n) is 9.89. The molecule has 0 aromatic carbocycles. The summed E-state index contributed by atoms with van der Waals surface area (Å²) < 4.78 is 10.1. The van der Waals surface area contributed by atoms with Crippen molar-refractivity contribution in [1.82, 2.24) is 10.8 Å². The summed E-state index contributed by atoms with van der Waals surface area (Å²) in [7, 11) is 1.51. The van der Waals surface area contributed by atoms with Gasteiger partial charge in [0.2, 0.25) is 11.8 Å². The van der Waals surface area contributed by atoms with Gasteiger partial charge >= 0.3 is 5.97 Å². The Morgan fingerprint density at radius 1 is 1.04 bits per heavy atom. The molecule has 0 radical (unpaired) electrons. The van der Waals surface area contributed by atoms with Crippen LogP contribution < -0.4 is 10.8 Å². The highest BCUT2D eigenvalue weighted by Gasteiger charge is 2.39. The minimum Gasteiger partial charge on any atom is -0.462 e. The second-order valence-corrected chi connectivity index (χ2v) is 8.58. The number of hydrogen-bond acceptors (Lipinski definition) is 6. The van der Waals surface area contributed by atoms with Gasteiger partial charge in [0.25, 0.3) is 0 Å². The van der Waals surface area contributed by atoms with Crippen LogP contribution in [0.15, 0.2) is 0 Å². The minimum absolute atomic E-state index is 0.0958. The minimum atomic E-state index is -0.869. The molecule has 0 aliphatic rings. The summed E-state index contributed by atoms with van der Waals surface area (Å²) in [5.74, 6) is -2.70. The van der Waals surface area contributed by atoms with E-state index in [1.807, 2.05) is 41.5 Å². The normalized spacial score (nSPS) is 14.9. The molecule has 3 atom stereocenters. The third-order valence-corrected chi connectivity index (χ3v) is 4.51. The molecular weight excluding hydrogens is 364 g/mol. The number of methoxy groups -OCH3 is 1.